The van der Waals surface area contributed by atoms with E-state index in [-0.39, 0.29) is 12.5 Å². The summed E-state index contributed by atoms with van der Waals surface area (Å²) in [6, 6.07) is 16.2. The first kappa shape index (κ1) is 17.9. The van der Waals surface area contributed by atoms with Crippen LogP contribution in [0.1, 0.15) is 17.3 Å². The summed E-state index contributed by atoms with van der Waals surface area (Å²) in [6.07, 6.45) is 0. The number of aromatic nitrogens is 1. The molecule has 5 nitrogen and oxygen atoms in total. The van der Waals surface area contributed by atoms with E-state index in [1.807, 2.05) is 36.4 Å². The van der Waals surface area contributed by atoms with Gasteiger partial charge >= 0.3 is 5.97 Å². The number of pyridine rings is 1. The van der Waals surface area contributed by atoms with Crippen molar-refractivity contribution in [2.45, 2.75) is 6.92 Å². The number of hydrogen-bond acceptors (Lipinski definition) is 4. The molecule has 0 atom stereocenters. The van der Waals surface area contributed by atoms with Crippen LogP contribution in [0.4, 0.5) is 0 Å². The number of hydrogen-bond donors (Lipinski definition) is 1. The lowest BCUT2D eigenvalue weighted by molar-refractivity contribution is -0.124. The Morgan fingerprint density at radius 2 is 1.85 bits per heavy atom. The maximum Gasteiger partial charge on any atom is 0.339 e. The van der Waals surface area contributed by atoms with Gasteiger partial charge in [0.15, 0.2) is 6.61 Å². The predicted octanol–water partition coefficient (Wildman–Crippen LogP) is 3.85. The summed E-state index contributed by atoms with van der Waals surface area (Å²) < 4.78 is 5.16. The fraction of sp³-hybridized carbons (Fsp3) is 0.150. The number of fused-ring (bicyclic) bond motifs is 1. The Hall–Kier alpha value is -2.92. The van der Waals surface area contributed by atoms with Crippen molar-refractivity contribution in [3.63, 3.8) is 0 Å². The van der Waals surface area contributed by atoms with Crippen LogP contribution in [0.15, 0.2) is 54.6 Å². The highest BCUT2D eigenvalue weighted by molar-refractivity contribution is 6.33. The third-order valence-corrected chi connectivity index (χ3v) is 4.12. The second-order valence-electron chi connectivity index (χ2n) is 5.58. The van der Waals surface area contributed by atoms with Crippen LogP contribution < -0.4 is 5.32 Å². The van der Waals surface area contributed by atoms with E-state index in [4.69, 9.17) is 16.3 Å². The molecule has 0 aliphatic carbocycles. The number of likely N-dealkylation sites (N-methyl/N-ethyl adjacent to an activating group) is 1. The van der Waals surface area contributed by atoms with Crippen LogP contribution in [0.5, 0.6) is 0 Å². The number of nitrogens with zero attached hydrogens (tertiary/aromatic N) is 1. The fourth-order valence-electron chi connectivity index (χ4n) is 2.61. The van der Waals surface area contributed by atoms with Crippen molar-refractivity contribution in [2.75, 3.05) is 13.2 Å². The molecular weight excluding hydrogens is 352 g/mol. The summed E-state index contributed by atoms with van der Waals surface area (Å²) in [5.74, 6) is -0.923. The van der Waals surface area contributed by atoms with Crippen LogP contribution in [-0.2, 0) is 9.53 Å². The lowest BCUT2D eigenvalue weighted by atomic mass is 10.0. The van der Waals surface area contributed by atoms with E-state index in [9.17, 15) is 9.59 Å². The number of rotatable bonds is 5. The number of para-hydroxylation sites is 1. The third kappa shape index (κ3) is 3.83. The summed E-state index contributed by atoms with van der Waals surface area (Å²) in [4.78, 5) is 28.7. The zero-order valence-corrected chi connectivity index (χ0v) is 14.9. The third-order valence-electron chi connectivity index (χ3n) is 3.79. The molecule has 1 amide bonds. The largest absolute Gasteiger partial charge is 0.452 e. The average molecular weight is 369 g/mol. The Morgan fingerprint density at radius 3 is 2.62 bits per heavy atom. The molecule has 1 aromatic heterocycles. The van der Waals surface area contributed by atoms with Crippen molar-refractivity contribution in [2.24, 2.45) is 0 Å². The van der Waals surface area contributed by atoms with Gasteiger partial charge in [-0.15, -0.1) is 0 Å². The lowest BCUT2D eigenvalue weighted by Gasteiger charge is -2.11. The van der Waals surface area contributed by atoms with Crippen molar-refractivity contribution >= 4 is 34.4 Å². The summed E-state index contributed by atoms with van der Waals surface area (Å²) >= 11 is 6.27. The van der Waals surface area contributed by atoms with Gasteiger partial charge in [-0.25, -0.2) is 9.78 Å². The number of carbonyl (C=O) groups excluding carboxylic acids is 2. The zero-order valence-electron chi connectivity index (χ0n) is 14.2. The molecule has 3 aromatic rings. The highest BCUT2D eigenvalue weighted by Gasteiger charge is 2.17. The quantitative estimate of drug-likeness (QED) is 0.694. The van der Waals surface area contributed by atoms with Crippen LogP contribution >= 0.6 is 11.6 Å². The van der Waals surface area contributed by atoms with E-state index in [0.29, 0.717) is 33.7 Å². The SMILES string of the molecule is CCNC(=O)COC(=O)c1cc(-c2ccccc2Cl)nc2ccccc12. The molecule has 0 aliphatic rings. The Balaban J connectivity index is 2.02. The molecule has 6 heteroatoms. The fourth-order valence-corrected chi connectivity index (χ4v) is 2.84. The number of carbonyl (C=O) groups is 2. The first-order valence-corrected chi connectivity index (χ1v) is 8.56. The topological polar surface area (TPSA) is 68.3 Å². The first-order chi connectivity index (χ1) is 12.6. The highest BCUT2D eigenvalue weighted by atomic mass is 35.5. The molecule has 26 heavy (non-hydrogen) atoms. The van der Waals surface area contributed by atoms with Crippen LogP contribution in [0.25, 0.3) is 22.2 Å². The maximum absolute atomic E-state index is 12.6. The Labute approximate surface area is 156 Å². The summed E-state index contributed by atoms with van der Waals surface area (Å²) in [5, 5.41) is 3.78. The molecule has 132 valence electrons. The second-order valence-corrected chi connectivity index (χ2v) is 5.99. The number of esters is 1. The monoisotopic (exact) mass is 368 g/mol. The van der Waals surface area contributed by atoms with Crippen LogP contribution in [0, 0.1) is 0 Å². The minimum absolute atomic E-state index is 0.329. The number of halogens is 1. The molecule has 1 heterocycles. The van der Waals surface area contributed by atoms with Crippen molar-refractivity contribution in [3.8, 4) is 11.3 Å². The van der Waals surface area contributed by atoms with Crippen LogP contribution in [0.2, 0.25) is 5.02 Å². The summed E-state index contributed by atoms with van der Waals surface area (Å²) in [5.41, 5.74) is 2.28. The van der Waals surface area contributed by atoms with Gasteiger partial charge < -0.3 is 10.1 Å². The maximum atomic E-state index is 12.6. The van der Waals surface area contributed by atoms with Gasteiger partial charge in [-0.2, -0.15) is 0 Å². The van der Waals surface area contributed by atoms with E-state index in [1.54, 1.807) is 25.1 Å². The molecule has 0 spiro atoms. The van der Waals surface area contributed by atoms with Gasteiger partial charge in [0.05, 0.1) is 16.8 Å². The van der Waals surface area contributed by atoms with E-state index < -0.39 is 5.97 Å². The molecule has 0 radical (unpaired) electrons. The van der Waals surface area contributed by atoms with Gasteiger partial charge in [0.2, 0.25) is 0 Å². The van der Waals surface area contributed by atoms with Crippen molar-refractivity contribution in [1.82, 2.24) is 10.3 Å². The minimum atomic E-state index is -0.580. The Kier molecular flexibility index (Phi) is 5.49. The molecule has 0 saturated carbocycles. The molecule has 0 unspecified atom stereocenters. The predicted molar refractivity (Wildman–Crippen MR) is 101 cm³/mol. The van der Waals surface area contributed by atoms with Gasteiger partial charge in [-0.1, -0.05) is 48.0 Å². The standard InChI is InChI=1S/C20H17ClN2O3/c1-2-22-19(24)12-26-20(25)15-11-18(14-8-3-5-9-16(14)21)23-17-10-6-4-7-13(15)17/h3-11H,2,12H2,1H3,(H,22,24). The lowest BCUT2D eigenvalue weighted by Crippen LogP contribution is -2.28. The Morgan fingerprint density at radius 1 is 1.12 bits per heavy atom. The smallest absolute Gasteiger partial charge is 0.339 e. The summed E-state index contributed by atoms with van der Waals surface area (Å²) in [6.45, 7) is 1.95. The minimum Gasteiger partial charge on any atom is -0.452 e. The highest BCUT2D eigenvalue weighted by Crippen LogP contribution is 2.30. The van der Waals surface area contributed by atoms with E-state index in [1.165, 1.54) is 0 Å². The Bertz CT molecular complexity index is 972. The zero-order chi connectivity index (χ0) is 18.5. The molecule has 0 bridgehead atoms. The molecule has 0 saturated heterocycles. The summed E-state index contributed by atoms with van der Waals surface area (Å²) in [7, 11) is 0. The molecular formula is C20H17ClN2O3. The normalized spacial score (nSPS) is 10.5. The van der Waals surface area contributed by atoms with Gasteiger partial charge in [0.25, 0.3) is 5.91 Å². The first-order valence-electron chi connectivity index (χ1n) is 8.18. The van der Waals surface area contributed by atoms with Gasteiger partial charge in [0.1, 0.15) is 0 Å². The van der Waals surface area contributed by atoms with E-state index in [2.05, 4.69) is 10.3 Å². The number of amides is 1. The average Bonchev–Trinajstić information content (AvgIpc) is 2.66. The van der Waals surface area contributed by atoms with Crippen LogP contribution in [0.3, 0.4) is 0 Å². The van der Waals surface area contributed by atoms with Gasteiger partial charge in [-0.3, -0.25) is 4.79 Å². The molecule has 1 N–H and O–H groups in total. The van der Waals surface area contributed by atoms with Crippen molar-refractivity contribution < 1.29 is 14.3 Å². The molecule has 3 rings (SSSR count). The van der Waals surface area contributed by atoms with Crippen LogP contribution in [-0.4, -0.2) is 30.0 Å². The number of ether oxygens (including phenoxy) is 1. The van der Waals surface area contributed by atoms with E-state index >= 15 is 0 Å². The number of benzene rings is 2. The van der Waals surface area contributed by atoms with Gasteiger partial charge in [-0.05, 0) is 25.1 Å². The molecule has 2 aromatic carbocycles. The second kappa shape index (κ2) is 7.97. The molecule has 0 fully saturated rings. The van der Waals surface area contributed by atoms with Crippen molar-refractivity contribution in [3.05, 3.63) is 65.2 Å². The number of nitrogens with one attached hydrogen (secondary N) is 1. The van der Waals surface area contributed by atoms with Gasteiger partial charge in [0, 0.05) is 22.5 Å². The molecule has 0 aliphatic heterocycles. The van der Waals surface area contributed by atoms with E-state index in [0.717, 1.165) is 5.56 Å². The van der Waals surface area contributed by atoms with Crippen molar-refractivity contribution in [1.29, 1.82) is 0 Å².